The highest BCUT2D eigenvalue weighted by atomic mass is 35.5. The predicted octanol–water partition coefficient (Wildman–Crippen LogP) is 0.0100. The summed E-state index contributed by atoms with van der Waals surface area (Å²) in [6.45, 7) is 12.1. The van der Waals surface area contributed by atoms with Crippen molar-refractivity contribution in [3.8, 4) is 0 Å². The Hall–Kier alpha value is 0.524. The van der Waals surface area contributed by atoms with Gasteiger partial charge in [0, 0.05) is 38.5 Å². The van der Waals surface area contributed by atoms with E-state index in [-0.39, 0.29) is 12.4 Å². The van der Waals surface area contributed by atoms with Gasteiger partial charge in [-0.15, -0.1) is 12.4 Å². The van der Waals surface area contributed by atoms with Gasteiger partial charge in [-0.05, 0) is 26.2 Å². The molecule has 0 bridgehead atoms. The van der Waals surface area contributed by atoms with Gasteiger partial charge in [-0.3, -0.25) is 0 Å². The first kappa shape index (κ1) is 20.8. The topological polar surface area (TPSA) is 85.3 Å². The zero-order valence-corrected chi connectivity index (χ0v) is 15.0. The third-order valence-electron chi connectivity index (χ3n) is 2.30. The lowest BCUT2D eigenvalue weighted by Crippen LogP contribution is -2.55. The largest absolute Gasteiger partial charge is 0.454 e. The maximum Gasteiger partial charge on any atom is 0.187 e. The Kier molecular flexibility index (Phi) is 12.0. The zero-order valence-electron chi connectivity index (χ0n) is 12.2. The van der Waals surface area contributed by atoms with E-state index in [1.54, 1.807) is 0 Å². The van der Waals surface area contributed by atoms with E-state index in [1.807, 2.05) is 0 Å². The van der Waals surface area contributed by atoms with E-state index in [9.17, 15) is 0 Å². The fraction of sp³-hybridized carbons (Fsp3) is 1.00. The summed E-state index contributed by atoms with van der Waals surface area (Å²) >= 11 is 0. The Morgan fingerprint density at radius 1 is 0.833 bits per heavy atom. The molecular formula is C10H31ClN4OSi2. The van der Waals surface area contributed by atoms with Crippen molar-refractivity contribution in [2.24, 2.45) is 11.5 Å². The first-order chi connectivity index (χ1) is 7.83. The van der Waals surface area contributed by atoms with Crippen molar-refractivity contribution >= 4 is 29.0 Å². The van der Waals surface area contributed by atoms with Crippen LogP contribution in [0.2, 0.25) is 26.2 Å². The van der Waals surface area contributed by atoms with Crippen molar-refractivity contribution in [2.45, 2.75) is 26.2 Å². The molecule has 0 aliphatic heterocycles. The molecule has 5 nitrogen and oxygen atoms in total. The highest BCUT2D eigenvalue weighted by molar-refractivity contribution is 6.85. The van der Waals surface area contributed by atoms with E-state index in [2.05, 4.69) is 36.8 Å². The highest BCUT2D eigenvalue weighted by Crippen LogP contribution is 2.12. The summed E-state index contributed by atoms with van der Waals surface area (Å²) in [4.78, 5) is 0. The molecule has 0 aromatic rings. The van der Waals surface area contributed by atoms with Crippen LogP contribution in [-0.4, -0.2) is 55.1 Å². The zero-order chi connectivity index (χ0) is 13.4. The summed E-state index contributed by atoms with van der Waals surface area (Å²) in [5.41, 5.74) is 10.9. The fourth-order valence-corrected chi connectivity index (χ4v) is 9.92. The molecule has 0 heterocycles. The van der Waals surface area contributed by atoms with Crippen molar-refractivity contribution in [3.63, 3.8) is 0 Å². The quantitative estimate of drug-likeness (QED) is 0.337. The van der Waals surface area contributed by atoms with Gasteiger partial charge >= 0.3 is 0 Å². The molecule has 0 aromatic heterocycles. The van der Waals surface area contributed by atoms with Crippen LogP contribution < -0.4 is 22.1 Å². The lowest BCUT2D eigenvalue weighted by Gasteiger charge is -2.34. The second-order valence-corrected chi connectivity index (χ2v) is 14.1. The molecule has 0 spiro atoms. The molecule has 112 valence electrons. The molecule has 8 heteroatoms. The van der Waals surface area contributed by atoms with Gasteiger partial charge in [0.1, 0.15) is 0 Å². The third-order valence-corrected chi connectivity index (χ3v) is 8.92. The minimum absolute atomic E-state index is 0. The van der Waals surface area contributed by atoms with E-state index in [1.165, 1.54) is 0 Å². The van der Waals surface area contributed by atoms with E-state index >= 15 is 0 Å². The molecule has 0 saturated carbocycles. The van der Waals surface area contributed by atoms with E-state index in [0.29, 0.717) is 13.1 Å². The molecule has 0 rings (SSSR count). The van der Waals surface area contributed by atoms with E-state index in [0.717, 1.165) is 25.4 Å². The summed E-state index contributed by atoms with van der Waals surface area (Å²) in [7, 11) is -3.22. The molecule has 0 aromatic carbocycles. The van der Waals surface area contributed by atoms with Crippen LogP contribution in [-0.2, 0) is 4.12 Å². The van der Waals surface area contributed by atoms with Crippen molar-refractivity contribution in [1.29, 1.82) is 0 Å². The maximum absolute atomic E-state index is 6.39. The predicted molar refractivity (Wildman–Crippen MR) is 87.1 cm³/mol. The minimum Gasteiger partial charge on any atom is -0.454 e. The van der Waals surface area contributed by atoms with Crippen molar-refractivity contribution < 1.29 is 4.12 Å². The molecule has 0 radical (unpaired) electrons. The molecular weight excluding hydrogens is 284 g/mol. The van der Waals surface area contributed by atoms with E-state index in [4.69, 9.17) is 15.6 Å². The summed E-state index contributed by atoms with van der Waals surface area (Å²) in [6, 6.07) is 0. The van der Waals surface area contributed by atoms with Crippen LogP contribution in [0.3, 0.4) is 0 Å². The van der Waals surface area contributed by atoms with Gasteiger partial charge < -0.3 is 26.2 Å². The van der Waals surface area contributed by atoms with Crippen LogP contribution >= 0.6 is 12.4 Å². The Balaban J connectivity index is 0. The normalized spacial score (nSPS) is 12.3. The van der Waals surface area contributed by atoms with Gasteiger partial charge in [-0.25, -0.2) is 0 Å². The Morgan fingerprint density at radius 2 is 1.17 bits per heavy atom. The van der Waals surface area contributed by atoms with Crippen LogP contribution in [0, 0.1) is 0 Å². The molecule has 0 saturated heterocycles. The Bertz CT molecular complexity index is 188. The average molecular weight is 315 g/mol. The van der Waals surface area contributed by atoms with Crippen LogP contribution in [0.4, 0.5) is 0 Å². The SMILES string of the molecule is C[Si](C)(CNCCN)O[Si](C)(C)CNCCN.Cl. The molecule has 0 fully saturated rings. The van der Waals surface area contributed by atoms with Gasteiger partial charge in [-0.2, -0.15) is 0 Å². The summed E-state index contributed by atoms with van der Waals surface area (Å²) in [5.74, 6) is 0. The van der Waals surface area contributed by atoms with Gasteiger partial charge in [-0.1, -0.05) is 0 Å². The van der Waals surface area contributed by atoms with Crippen LogP contribution in [0.1, 0.15) is 0 Å². The number of rotatable bonds is 10. The Labute approximate surface area is 120 Å². The van der Waals surface area contributed by atoms with Gasteiger partial charge in [0.2, 0.25) is 0 Å². The number of hydrogen-bond acceptors (Lipinski definition) is 5. The van der Waals surface area contributed by atoms with Crippen LogP contribution in [0.25, 0.3) is 0 Å². The second kappa shape index (κ2) is 10.3. The maximum atomic E-state index is 6.39. The smallest absolute Gasteiger partial charge is 0.187 e. The summed E-state index contributed by atoms with van der Waals surface area (Å²) < 4.78 is 6.39. The number of nitrogens with one attached hydrogen (secondary N) is 2. The van der Waals surface area contributed by atoms with Gasteiger partial charge in [0.05, 0.1) is 0 Å². The van der Waals surface area contributed by atoms with Crippen molar-refractivity contribution in [2.75, 3.05) is 38.5 Å². The van der Waals surface area contributed by atoms with Gasteiger partial charge in [0.25, 0.3) is 0 Å². The molecule has 0 aliphatic carbocycles. The minimum atomic E-state index is -1.61. The molecule has 6 N–H and O–H groups in total. The first-order valence-electron chi connectivity index (χ1n) is 6.35. The van der Waals surface area contributed by atoms with Gasteiger partial charge in [0.15, 0.2) is 16.6 Å². The molecule has 0 atom stereocenters. The number of halogens is 1. The number of nitrogens with two attached hydrogens (primary N) is 2. The fourth-order valence-electron chi connectivity index (χ4n) is 1.80. The van der Waals surface area contributed by atoms with E-state index < -0.39 is 16.6 Å². The second-order valence-electron chi connectivity index (χ2n) is 5.55. The van der Waals surface area contributed by atoms with Crippen molar-refractivity contribution in [1.82, 2.24) is 10.6 Å². The molecule has 0 aliphatic rings. The van der Waals surface area contributed by atoms with Crippen LogP contribution in [0.5, 0.6) is 0 Å². The average Bonchev–Trinajstić information content (AvgIpc) is 2.16. The highest BCUT2D eigenvalue weighted by Gasteiger charge is 2.32. The summed E-state index contributed by atoms with van der Waals surface area (Å²) in [6.07, 6.45) is 1.94. The Morgan fingerprint density at radius 3 is 1.44 bits per heavy atom. The third kappa shape index (κ3) is 11.6. The lowest BCUT2D eigenvalue weighted by atomic mass is 10.7. The molecule has 18 heavy (non-hydrogen) atoms. The molecule has 0 unspecified atom stereocenters. The lowest BCUT2D eigenvalue weighted by molar-refractivity contribution is 0.520. The number of hydrogen-bond donors (Lipinski definition) is 4. The van der Waals surface area contributed by atoms with Crippen molar-refractivity contribution in [3.05, 3.63) is 0 Å². The summed E-state index contributed by atoms with van der Waals surface area (Å²) in [5, 5.41) is 6.72. The first-order valence-corrected chi connectivity index (χ1v) is 12.6. The van der Waals surface area contributed by atoms with Crippen LogP contribution in [0.15, 0.2) is 0 Å². The monoisotopic (exact) mass is 314 g/mol. The standard InChI is InChI=1S/C10H30N4OSi2.ClH/c1-16(2,9-13-7-5-11)15-17(3,4)10-14-8-6-12;/h13-14H,5-12H2,1-4H3;1H. The molecule has 0 amide bonds.